The number of carbonyl (C=O) groups excluding carboxylic acids is 1. The van der Waals surface area contributed by atoms with E-state index in [4.69, 9.17) is 16.6 Å². The number of carbonyl (C=O) groups is 2. The maximum absolute atomic E-state index is 11.3. The van der Waals surface area contributed by atoms with Crippen molar-refractivity contribution in [2.24, 2.45) is 16.5 Å². The number of aromatic nitrogens is 1. The van der Waals surface area contributed by atoms with E-state index in [-0.39, 0.29) is 5.75 Å². The molecule has 2 heterocycles. The molecule has 5 N–H and O–H groups in total. The third kappa shape index (κ3) is 4.23. The minimum atomic E-state index is -1.00. The summed E-state index contributed by atoms with van der Waals surface area (Å²) in [6, 6.07) is 6.25. The predicted molar refractivity (Wildman–Crippen MR) is 98.6 cm³/mol. The smallest absolute Gasteiger partial charge is 0.321 e. The first-order chi connectivity index (χ1) is 11.8. The number of thiol groups is 1. The van der Waals surface area contributed by atoms with Gasteiger partial charge in [0.1, 0.15) is 6.04 Å². The molecule has 2 aromatic rings. The van der Waals surface area contributed by atoms with Crippen molar-refractivity contribution in [1.29, 1.82) is 0 Å². The summed E-state index contributed by atoms with van der Waals surface area (Å²) in [5.41, 5.74) is 11.7. The largest absolute Gasteiger partial charge is 0.480 e. The van der Waals surface area contributed by atoms with Crippen molar-refractivity contribution in [3.63, 3.8) is 0 Å². The van der Waals surface area contributed by atoms with E-state index in [1.807, 2.05) is 30.3 Å². The third-order valence-electron chi connectivity index (χ3n) is 3.51. The topological polar surface area (TPSA) is 132 Å². The highest BCUT2D eigenvalue weighted by Crippen LogP contribution is 2.10. The van der Waals surface area contributed by atoms with E-state index < -0.39 is 24.0 Å². The van der Waals surface area contributed by atoms with E-state index in [9.17, 15) is 9.59 Å². The Morgan fingerprint density at radius 3 is 2.64 bits per heavy atom. The van der Waals surface area contributed by atoms with Crippen molar-refractivity contribution in [2.75, 3.05) is 5.75 Å². The Morgan fingerprint density at radius 1 is 1.36 bits per heavy atom. The number of fused-ring (bicyclic) bond motifs is 3. The van der Waals surface area contributed by atoms with Gasteiger partial charge in [-0.1, -0.05) is 24.8 Å². The maximum atomic E-state index is 11.3. The molecule has 0 saturated heterocycles. The van der Waals surface area contributed by atoms with Gasteiger partial charge in [0, 0.05) is 22.6 Å². The zero-order valence-electron chi connectivity index (χ0n) is 13.3. The van der Waals surface area contributed by atoms with Gasteiger partial charge in [0.25, 0.3) is 0 Å². The zero-order chi connectivity index (χ0) is 18.6. The highest BCUT2D eigenvalue weighted by molar-refractivity contribution is 7.80. The normalized spacial score (nSPS) is 16.6. The van der Waals surface area contributed by atoms with E-state index in [0.717, 1.165) is 16.1 Å². The summed E-state index contributed by atoms with van der Waals surface area (Å²) < 4.78 is 0. The molecule has 1 aliphatic heterocycles. The molecule has 0 radical (unpaired) electrons. The van der Waals surface area contributed by atoms with Gasteiger partial charge in [0.05, 0.1) is 10.9 Å². The van der Waals surface area contributed by atoms with Crippen LogP contribution in [-0.4, -0.2) is 39.8 Å². The number of hydrogen-bond donors (Lipinski definition) is 4. The number of pyridine rings is 1. The Bertz CT molecular complexity index is 958. The van der Waals surface area contributed by atoms with Crippen LogP contribution in [0.15, 0.2) is 47.6 Å². The van der Waals surface area contributed by atoms with Crippen LogP contribution >= 0.6 is 12.6 Å². The second kappa shape index (κ2) is 7.91. The van der Waals surface area contributed by atoms with Crippen LogP contribution in [0.5, 0.6) is 0 Å². The summed E-state index contributed by atoms with van der Waals surface area (Å²) >= 11 is 3.65. The summed E-state index contributed by atoms with van der Waals surface area (Å²) in [7, 11) is 0. The molecule has 1 unspecified atom stereocenters. The summed E-state index contributed by atoms with van der Waals surface area (Å²) in [5, 5.41) is 10.6. The van der Waals surface area contributed by atoms with Gasteiger partial charge < -0.3 is 16.6 Å². The number of rotatable bonds is 3. The fourth-order valence-electron chi connectivity index (χ4n) is 2.21. The SMILES string of the molecule is C=C1C=c2ccc3cccnc3c2=NC1C(N)=O.N[C@@H](CS)C(=O)O. The second-order valence-electron chi connectivity index (χ2n) is 5.36. The van der Waals surface area contributed by atoms with Crippen molar-refractivity contribution < 1.29 is 14.7 Å². The van der Waals surface area contributed by atoms with Gasteiger partial charge in [0.2, 0.25) is 5.91 Å². The van der Waals surface area contributed by atoms with E-state index in [1.54, 1.807) is 6.20 Å². The molecule has 0 bridgehead atoms. The minimum absolute atomic E-state index is 0.190. The number of carboxylic acid groups (broad SMARTS) is 1. The van der Waals surface area contributed by atoms with Crippen LogP contribution in [0.1, 0.15) is 0 Å². The Hall–Kier alpha value is -2.71. The molecule has 7 nitrogen and oxygen atoms in total. The average molecular weight is 358 g/mol. The van der Waals surface area contributed by atoms with Crippen LogP contribution in [0, 0.1) is 0 Å². The van der Waals surface area contributed by atoms with Gasteiger partial charge in [-0.05, 0) is 17.7 Å². The first-order valence-corrected chi connectivity index (χ1v) is 7.99. The molecule has 130 valence electrons. The molecular formula is C17H18N4O3S. The summed E-state index contributed by atoms with van der Waals surface area (Å²) in [4.78, 5) is 29.8. The lowest BCUT2D eigenvalue weighted by atomic mass is 10.0. The van der Waals surface area contributed by atoms with Gasteiger partial charge in [0.15, 0.2) is 6.04 Å². The zero-order valence-corrected chi connectivity index (χ0v) is 14.2. The Kier molecular flexibility index (Phi) is 5.89. The van der Waals surface area contributed by atoms with Crippen LogP contribution in [0.3, 0.4) is 0 Å². The van der Waals surface area contributed by atoms with E-state index in [2.05, 4.69) is 29.2 Å². The van der Waals surface area contributed by atoms with Gasteiger partial charge in [-0.2, -0.15) is 12.6 Å². The number of aliphatic carboxylic acids is 1. The highest BCUT2D eigenvalue weighted by Gasteiger charge is 2.19. The number of hydrogen-bond acceptors (Lipinski definition) is 6. The summed E-state index contributed by atoms with van der Waals surface area (Å²) in [6.07, 6.45) is 3.55. The van der Waals surface area contributed by atoms with Crippen molar-refractivity contribution >= 4 is 41.5 Å². The number of primary amides is 1. The Labute approximate surface area is 149 Å². The molecule has 0 fully saturated rings. The van der Waals surface area contributed by atoms with E-state index in [0.29, 0.717) is 10.9 Å². The molecule has 1 aromatic heterocycles. The third-order valence-corrected chi connectivity index (χ3v) is 3.91. The number of amides is 1. The molecule has 25 heavy (non-hydrogen) atoms. The monoisotopic (exact) mass is 358 g/mol. The van der Waals surface area contributed by atoms with Crippen molar-refractivity contribution in [1.82, 2.24) is 4.98 Å². The van der Waals surface area contributed by atoms with Gasteiger partial charge >= 0.3 is 5.97 Å². The Morgan fingerprint density at radius 2 is 2.08 bits per heavy atom. The van der Waals surface area contributed by atoms with Crippen molar-refractivity contribution in [3.05, 3.63) is 53.2 Å². The molecule has 1 aliphatic rings. The highest BCUT2D eigenvalue weighted by atomic mass is 32.1. The van der Waals surface area contributed by atoms with Crippen molar-refractivity contribution in [2.45, 2.75) is 12.1 Å². The standard InChI is InChI=1S/C14H11N3O.C3H7NO2S/c1-8-7-10-5-4-9-3-2-6-16-12(9)13(10)17-11(8)14(15)18;4-2(1-7)3(5)6/h2-7,11H,1H2,(H2,15,18);2,7H,1,4H2,(H,5,6)/t;2-/m.0/s1. The number of benzene rings is 1. The predicted octanol–water partition coefficient (Wildman–Crippen LogP) is -0.613. The summed E-state index contributed by atoms with van der Waals surface area (Å²) in [5.74, 6) is -1.31. The molecule has 1 amide bonds. The lowest BCUT2D eigenvalue weighted by Gasteiger charge is -2.13. The second-order valence-corrected chi connectivity index (χ2v) is 5.72. The van der Waals surface area contributed by atoms with Gasteiger partial charge in [-0.3, -0.25) is 19.6 Å². The van der Waals surface area contributed by atoms with Crippen LogP contribution in [0.25, 0.3) is 17.0 Å². The molecule has 8 heteroatoms. The summed E-state index contributed by atoms with van der Waals surface area (Å²) in [6.45, 7) is 3.83. The quantitative estimate of drug-likeness (QED) is 0.543. The average Bonchev–Trinajstić information content (AvgIpc) is 2.60. The molecule has 3 rings (SSSR count). The minimum Gasteiger partial charge on any atom is -0.480 e. The molecule has 2 atom stereocenters. The first-order valence-electron chi connectivity index (χ1n) is 7.35. The number of nitrogens with zero attached hydrogens (tertiary/aromatic N) is 2. The first kappa shape index (κ1) is 18.6. The van der Waals surface area contributed by atoms with E-state index >= 15 is 0 Å². The lowest BCUT2D eigenvalue weighted by Crippen LogP contribution is -2.38. The Balaban J connectivity index is 0.000000277. The fourth-order valence-corrected chi connectivity index (χ4v) is 2.37. The number of carboxylic acids is 1. The maximum Gasteiger partial charge on any atom is 0.321 e. The molecule has 0 aliphatic carbocycles. The van der Waals surface area contributed by atoms with Crippen LogP contribution in [0.2, 0.25) is 0 Å². The van der Waals surface area contributed by atoms with Crippen molar-refractivity contribution in [3.8, 4) is 0 Å². The van der Waals surface area contributed by atoms with Gasteiger partial charge in [-0.25, -0.2) is 0 Å². The number of nitrogens with two attached hydrogens (primary N) is 2. The van der Waals surface area contributed by atoms with Crippen LogP contribution in [-0.2, 0) is 9.59 Å². The fraction of sp³-hybridized carbons (Fsp3) is 0.176. The van der Waals surface area contributed by atoms with Crippen LogP contribution < -0.4 is 22.0 Å². The van der Waals surface area contributed by atoms with E-state index in [1.165, 1.54) is 0 Å². The lowest BCUT2D eigenvalue weighted by molar-refractivity contribution is -0.137. The van der Waals surface area contributed by atoms with Crippen LogP contribution in [0.4, 0.5) is 0 Å². The van der Waals surface area contributed by atoms with Gasteiger partial charge in [-0.15, -0.1) is 0 Å². The molecule has 0 saturated carbocycles. The molecule has 1 aromatic carbocycles. The molecular weight excluding hydrogens is 340 g/mol. The molecule has 0 spiro atoms.